The minimum atomic E-state index is -0.200. The van der Waals surface area contributed by atoms with Gasteiger partial charge in [0.25, 0.3) is 5.91 Å². The summed E-state index contributed by atoms with van der Waals surface area (Å²) in [5.74, 6) is 1.34. The molecule has 3 rings (SSSR count). The Morgan fingerprint density at radius 1 is 1.41 bits per heavy atom. The quantitative estimate of drug-likeness (QED) is 0.819. The number of nitrogens with one attached hydrogen (secondary N) is 2. The third-order valence-corrected chi connectivity index (χ3v) is 4.39. The highest BCUT2D eigenvalue weighted by Crippen LogP contribution is 2.40. The Morgan fingerprint density at radius 3 is 2.86 bits per heavy atom. The van der Waals surface area contributed by atoms with E-state index in [9.17, 15) is 9.59 Å². The van der Waals surface area contributed by atoms with Gasteiger partial charge in [0.15, 0.2) is 5.69 Å². The Hall–Kier alpha value is -1.89. The predicted molar refractivity (Wildman–Crippen MR) is 79.4 cm³/mol. The van der Waals surface area contributed by atoms with Crippen LogP contribution in [0.2, 0.25) is 0 Å². The van der Waals surface area contributed by atoms with Gasteiger partial charge in [0, 0.05) is 38.2 Å². The van der Waals surface area contributed by atoms with Crippen molar-refractivity contribution >= 4 is 11.8 Å². The Balaban J connectivity index is 1.55. The van der Waals surface area contributed by atoms with Gasteiger partial charge in [-0.05, 0) is 18.8 Å². The van der Waals surface area contributed by atoms with E-state index in [4.69, 9.17) is 4.52 Å². The molecule has 120 valence electrons. The highest BCUT2D eigenvalue weighted by Gasteiger charge is 2.33. The van der Waals surface area contributed by atoms with E-state index in [-0.39, 0.29) is 17.9 Å². The first-order valence-electron chi connectivity index (χ1n) is 7.77. The number of hydrogen-bond acceptors (Lipinski definition) is 5. The molecule has 1 aromatic heterocycles. The van der Waals surface area contributed by atoms with Crippen molar-refractivity contribution in [3.8, 4) is 0 Å². The van der Waals surface area contributed by atoms with Gasteiger partial charge in [-0.25, -0.2) is 0 Å². The number of carbonyl (C=O) groups is 2. The zero-order chi connectivity index (χ0) is 15.7. The van der Waals surface area contributed by atoms with Crippen LogP contribution in [0.1, 0.15) is 41.9 Å². The second-order valence-electron chi connectivity index (χ2n) is 6.31. The van der Waals surface area contributed by atoms with E-state index in [1.807, 2.05) is 4.90 Å². The van der Waals surface area contributed by atoms with Gasteiger partial charge < -0.3 is 15.2 Å². The van der Waals surface area contributed by atoms with Crippen LogP contribution >= 0.6 is 0 Å². The van der Waals surface area contributed by atoms with Crippen molar-refractivity contribution in [3.05, 3.63) is 17.5 Å². The average Bonchev–Trinajstić information content (AvgIpc) is 3.12. The number of rotatable bonds is 5. The minimum Gasteiger partial charge on any atom is -0.360 e. The first-order chi connectivity index (χ1) is 10.6. The van der Waals surface area contributed by atoms with Crippen LogP contribution in [0, 0.1) is 5.92 Å². The Labute approximate surface area is 129 Å². The molecule has 0 radical (unpaired) electrons. The van der Waals surface area contributed by atoms with Gasteiger partial charge in [-0.3, -0.25) is 14.5 Å². The van der Waals surface area contributed by atoms with Gasteiger partial charge in [0.2, 0.25) is 5.91 Å². The van der Waals surface area contributed by atoms with E-state index in [2.05, 4.69) is 22.7 Å². The molecule has 22 heavy (non-hydrogen) atoms. The second-order valence-corrected chi connectivity index (χ2v) is 6.31. The molecule has 7 heteroatoms. The molecule has 1 aliphatic heterocycles. The summed E-state index contributed by atoms with van der Waals surface area (Å²) in [6.07, 6.45) is 2.23. The lowest BCUT2D eigenvalue weighted by molar-refractivity contribution is -0.121. The van der Waals surface area contributed by atoms with Crippen LogP contribution in [0.15, 0.2) is 10.6 Å². The van der Waals surface area contributed by atoms with Crippen LogP contribution in [-0.2, 0) is 4.79 Å². The summed E-state index contributed by atoms with van der Waals surface area (Å²) in [6.45, 7) is 3.91. The van der Waals surface area contributed by atoms with Crippen LogP contribution in [0.25, 0.3) is 0 Å². The lowest BCUT2D eigenvalue weighted by Gasteiger charge is -2.16. The Bertz CT molecular complexity index is 567. The van der Waals surface area contributed by atoms with Gasteiger partial charge in [-0.1, -0.05) is 12.1 Å². The normalized spacial score (nSPS) is 25.2. The van der Waals surface area contributed by atoms with E-state index in [1.54, 1.807) is 13.1 Å². The fourth-order valence-corrected chi connectivity index (χ4v) is 2.87. The molecular formula is C15H22N4O3. The molecule has 0 aromatic carbocycles. The fourth-order valence-electron chi connectivity index (χ4n) is 2.87. The molecule has 0 spiro atoms. The first kappa shape index (κ1) is 15.0. The molecule has 2 atom stereocenters. The minimum absolute atomic E-state index is 0.00949. The summed E-state index contributed by atoms with van der Waals surface area (Å²) in [6, 6.07) is 1.77. The maximum Gasteiger partial charge on any atom is 0.273 e. The van der Waals surface area contributed by atoms with Crippen molar-refractivity contribution < 1.29 is 14.1 Å². The summed E-state index contributed by atoms with van der Waals surface area (Å²) < 4.78 is 5.22. The van der Waals surface area contributed by atoms with Crippen molar-refractivity contribution in [1.82, 2.24) is 20.7 Å². The van der Waals surface area contributed by atoms with Gasteiger partial charge in [0.1, 0.15) is 5.76 Å². The van der Waals surface area contributed by atoms with E-state index < -0.39 is 0 Å². The number of likely N-dealkylation sites (tertiary alicyclic amines) is 1. The maximum absolute atomic E-state index is 12.3. The van der Waals surface area contributed by atoms with Crippen molar-refractivity contribution in [2.45, 2.75) is 31.7 Å². The maximum atomic E-state index is 12.3. The first-order valence-corrected chi connectivity index (χ1v) is 7.77. The molecule has 0 unspecified atom stereocenters. The number of hydrogen-bond donors (Lipinski definition) is 2. The molecule has 1 saturated heterocycles. The van der Waals surface area contributed by atoms with Crippen LogP contribution in [0.5, 0.6) is 0 Å². The van der Waals surface area contributed by atoms with Gasteiger partial charge in [-0.15, -0.1) is 0 Å². The van der Waals surface area contributed by atoms with E-state index in [1.165, 1.54) is 0 Å². The van der Waals surface area contributed by atoms with E-state index >= 15 is 0 Å². The van der Waals surface area contributed by atoms with Gasteiger partial charge in [-0.2, -0.15) is 0 Å². The Kier molecular flexibility index (Phi) is 4.15. The van der Waals surface area contributed by atoms with Crippen molar-refractivity contribution in [2.24, 2.45) is 5.92 Å². The van der Waals surface area contributed by atoms with Crippen LogP contribution in [0.4, 0.5) is 0 Å². The number of amides is 2. The summed E-state index contributed by atoms with van der Waals surface area (Å²) in [4.78, 5) is 25.7. The summed E-state index contributed by atoms with van der Waals surface area (Å²) >= 11 is 0. The largest absolute Gasteiger partial charge is 0.360 e. The molecular weight excluding hydrogens is 284 g/mol. The summed E-state index contributed by atoms with van der Waals surface area (Å²) in [7, 11) is 1.63. The molecule has 2 aliphatic rings. The Morgan fingerprint density at radius 2 is 2.18 bits per heavy atom. The molecule has 0 bridgehead atoms. The van der Waals surface area contributed by atoms with Crippen molar-refractivity contribution in [2.75, 3.05) is 26.7 Å². The molecule has 1 aliphatic carbocycles. The monoisotopic (exact) mass is 306 g/mol. The highest BCUT2D eigenvalue weighted by molar-refractivity contribution is 5.92. The lowest BCUT2D eigenvalue weighted by atomic mass is 10.1. The summed E-state index contributed by atoms with van der Waals surface area (Å²) in [5, 5.41) is 9.48. The predicted octanol–water partition coefficient (Wildman–Crippen LogP) is 0.348. The fraction of sp³-hybridized carbons (Fsp3) is 0.667. The molecule has 2 heterocycles. The topological polar surface area (TPSA) is 87.5 Å². The second kappa shape index (κ2) is 6.08. The van der Waals surface area contributed by atoms with Crippen molar-refractivity contribution in [1.29, 1.82) is 0 Å². The molecule has 1 aromatic rings. The number of aromatic nitrogens is 1. The molecule has 7 nitrogen and oxygen atoms in total. The van der Waals surface area contributed by atoms with E-state index in [0.717, 1.165) is 25.1 Å². The SMILES string of the molecule is CNC(=O)CN1C[C@H](NC(=O)c2cc(C3CC3)on2)[C@@H](C)C1. The number of nitrogens with zero attached hydrogens (tertiary/aromatic N) is 2. The zero-order valence-electron chi connectivity index (χ0n) is 13.0. The van der Waals surface area contributed by atoms with Gasteiger partial charge in [0.05, 0.1) is 6.54 Å². The van der Waals surface area contributed by atoms with E-state index in [0.29, 0.717) is 30.6 Å². The summed E-state index contributed by atoms with van der Waals surface area (Å²) in [5.41, 5.74) is 0.346. The highest BCUT2D eigenvalue weighted by atomic mass is 16.5. The molecule has 2 N–H and O–H groups in total. The third-order valence-electron chi connectivity index (χ3n) is 4.39. The molecule has 2 fully saturated rings. The lowest BCUT2D eigenvalue weighted by Crippen LogP contribution is -2.41. The van der Waals surface area contributed by atoms with Crippen LogP contribution < -0.4 is 10.6 Å². The van der Waals surface area contributed by atoms with Crippen LogP contribution in [0.3, 0.4) is 0 Å². The zero-order valence-corrected chi connectivity index (χ0v) is 13.0. The number of carbonyl (C=O) groups excluding carboxylic acids is 2. The van der Waals surface area contributed by atoms with Gasteiger partial charge >= 0.3 is 0 Å². The third kappa shape index (κ3) is 3.30. The standard InChI is InChI=1S/C15H22N4O3/c1-9-6-19(8-14(20)16-2)7-12(9)17-15(21)11-5-13(22-18-11)10-3-4-10/h5,9-10,12H,3-4,6-8H2,1-2H3,(H,16,20)(H,17,21)/t9-,12-/m0/s1. The smallest absolute Gasteiger partial charge is 0.273 e. The van der Waals surface area contributed by atoms with Crippen LogP contribution in [-0.4, -0.2) is 54.6 Å². The molecule has 2 amide bonds. The number of likely N-dealkylation sites (N-methyl/N-ethyl adjacent to an activating group) is 1. The average molecular weight is 306 g/mol. The molecule has 1 saturated carbocycles. The van der Waals surface area contributed by atoms with Crippen molar-refractivity contribution in [3.63, 3.8) is 0 Å².